The van der Waals surface area contributed by atoms with Crippen molar-refractivity contribution in [1.29, 1.82) is 0 Å². The van der Waals surface area contributed by atoms with Crippen LogP contribution in [-0.2, 0) is 16.1 Å². The Morgan fingerprint density at radius 2 is 1.83 bits per heavy atom. The molecule has 0 aliphatic carbocycles. The summed E-state index contributed by atoms with van der Waals surface area (Å²) < 4.78 is 5.47. The SMILES string of the molecule is O=C(NCc1ccc(C(=O)N2CCCC2)cc1)[C@@H]1CCCCO1. The first-order valence-corrected chi connectivity index (χ1v) is 8.51. The summed E-state index contributed by atoms with van der Waals surface area (Å²) in [6, 6.07) is 7.51. The highest BCUT2D eigenvalue weighted by Gasteiger charge is 2.22. The van der Waals surface area contributed by atoms with E-state index in [4.69, 9.17) is 4.74 Å². The molecule has 2 heterocycles. The minimum atomic E-state index is -0.306. The molecule has 1 N–H and O–H groups in total. The normalized spacial score (nSPS) is 21.2. The van der Waals surface area contributed by atoms with Crippen LogP contribution in [-0.4, -0.2) is 42.5 Å². The van der Waals surface area contributed by atoms with Crippen LogP contribution in [0, 0.1) is 0 Å². The van der Waals surface area contributed by atoms with Crippen LogP contribution in [0.2, 0.25) is 0 Å². The number of ether oxygens (including phenoxy) is 1. The second-order valence-corrected chi connectivity index (χ2v) is 6.27. The highest BCUT2D eigenvalue weighted by Crippen LogP contribution is 2.15. The molecule has 5 nitrogen and oxygen atoms in total. The Kier molecular flexibility index (Phi) is 5.28. The van der Waals surface area contributed by atoms with E-state index in [1.165, 1.54) is 0 Å². The average Bonchev–Trinajstić information content (AvgIpc) is 3.15. The third-order valence-corrected chi connectivity index (χ3v) is 4.53. The van der Waals surface area contributed by atoms with Crippen molar-refractivity contribution >= 4 is 11.8 Å². The Balaban J connectivity index is 1.51. The van der Waals surface area contributed by atoms with Gasteiger partial charge in [-0.15, -0.1) is 0 Å². The Morgan fingerprint density at radius 1 is 1.09 bits per heavy atom. The minimum Gasteiger partial charge on any atom is -0.368 e. The Hall–Kier alpha value is -1.88. The van der Waals surface area contributed by atoms with Crippen molar-refractivity contribution in [2.75, 3.05) is 19.7 Å². The van der Waals surface area contributed by atoms with Gasteiger partial charge in [-0.05, 0) is 49.8 Å². The fourth-order valence-electron chi connectivity index (χ4n) is 3.12. The monoisotopic (exact) mass is 316 g/mol. The minimum absolute atomic E-state index is 0.0399. The molecule has 5 heteroatoms. The smallest absolute Gasteiger partial charge is 0.253 e. The highest BCUT2D eigenvalue weighted by atomic mass is 16.5. The molecule has 23 heavy (non-hydrogen) atoms. The van der Waals surface area contributed by atoms with Crippen molar-refractivity contribution in [2.24, 2.45) is 0 Å². The lowest BCUT2D eigenvalue weighted by Crippen LogP contribution is -2.37. The van der Waals surface area contributed by atoms with Crippen LogP contribution in [0.5, 0.6) is 0 Å². The van der Waals surface area contributed by atoms with Gasteiger partial charge in [0.25, 0.3) is 5.91 Å². The van der Waals surface area contributed by atoms with E-state index < -0.39 is 0 Å². The molecule has 3 rings (SSSR count). The van der Waals surface area contributed by atoms with E-state index in [0.29, 0.717) is 13.2 Å². The molecule has 0 bridgehead atoms. The summed E-state index contributed by atoms with van der Waals surface area (Å²) in [7, 11) is 0. The molecule has 1 aromatic rings. The Bertz CT molecular complexity index is 544. The summed E-state index contributed by atoms with van der Waals surface area (Å²) >= 11 is 0. The van der Waals surface area contributed by atoms with Gasteiger partial charge in [-0.3, -0.25) is 9.59 Å². The Labute approximate surface area is 137 Å². The summed E-state index contributed by atoms with van der Waals surface area (Å²) in [5.41, 5.74) is 1.71. The van der Waals surface area contributed by atoms with Gasteiger partial charge in [0.1, 0.15) is 6.10 Å². The second kappa shape index (κ2) is 7.59. The topological polar surface area (TPSA) is 58.6 Å². The van der Waals surface area contributed by atoms with E-state index in [9.17, 15) is 9.59 Å². The second-order valence-electron chi connectivity index (χ2n) is 6.27. The van der Waals surface area contributed by atoms with E-state index in [1.54, 1.807) is 0 Å². The summed E-state index contributed by atoms with van der Waals surface area (Å²) in [5.74, 6) is 0.0654. The molecular formula is C18H24N2O3. The standard InChI is InChI=1S/C18H24N2O3/c21-17(16-5-1-4-12-23-16)19-13-14-6-8-15(9-7-14)18(22)20-10-2-3-11-20/h6-9,16H,1-5,10-13H2,(H,19,21)/t16-/m0/s1. The third-order valence-electron chi connectivity index (χ3n) is 4.53. The number of likely N-dealkylation sites (tertiary alicyclic amines) is 1. The van der Waals surface area contributed by atoms with Crippen LogP contribution < -0.4 is 5.32 Å². The first-order chi connectivity index (χ1) is 11.2. The van der Waals surface area contributed by atoms with E-state index >= 15 is 0 Å². The zero-order valence-corrected chi connectivity index (χ0v) is 13.4. The van der Waals surface area contributed by atoms with Crippen LogP contribution in [0.25, 0.3) is 0 Å². The van der Waals surface area contributed by atoms with Gasteiger partial charge < -0.3 is 15.0 Å². The molecule has 2 saturated heterocycles. The summed E-state index contributed by atoms with van der Waals surface area (Å²) in [6.07, 6.45) is 4.77. The summed E-state index contributed by atoms with van der Waals surface area (Å²) in [4.78, 5) is 26.2. The maximum atomic E-state index is 12.3. The molecular weight excluding hydrogens is 292 g/mol. The molecule has 2 aliphatic heterocycles. The molecule has 2 fully saturated rings. The zero-order valence-electron chi connectivity index (χ0n) is 13.4. The van der Waals surface area contributed by atoms with E-state index in [2.05, 4.69) is 5.32 Å². The van der Waals surface area contributed by atoms with Crippen LogP contribution in [0.1, 0.15) is 48.0 Å². The Morgan fingerprint density at radius 3 is 2.48 bits per heavy atom. The maximum absolute atomic E-state index is 12.3. The first kappa shape index (κ1) is 16.0. The molecule has 1 aromatic carbocycles. The van der Waals surface area contributed by atoms with Crippen LogP contribution in [0.4, 0.5) is 0 Å². The van der Waals surface area contributed by atoms with Crippen molar-refractivity contribution in [3.05, 3.63) is 35.4 Å². The molecule has 0 radical (unpaired) electrons. The molecule has 0 spiro atoms. The molecule has 0 aromatic heterocycles. The first-order valence-electron chi connectivity index (χ1n) is 8.51. The van der Waals surface area contributed by atoms with Crippen molar-refractivity contribution in [3.63, 3.8) is 0 Å². The lowest BCUT2D eigenvalue weighted by Gasteiger charge is -2.21. The van der Waals surface area contributed by atoms with Gasteiger partial charge in [0, 0.05) is 31.8 Å². The zero-order chi connectivity index (χ0) is 16.1. The van der Waals surface area contributed by atoms with Gasteiger partial charge in [-0.2, -0.15) is 0 Å². The summed E-state index contributed by atoms with van der Waals surface area (Å²) in [5, 5.41) is 2.91. The molecule has 0 unspecified atom stereocenters. The van der Waals surface area contributed by atoms with E-state index in [0.717, 1.165) is 56.3 Å². The van der Waals surface area contributed by atoms with Gasteiger partial charge in [-0.1, -0.05) is 12.1 Å². The number of hydrogen-bond acceptors (Lipinski definition) is 3. The number of benzene rings is 1. The largest absolute Gasteiger partial charge is 0.368 e. The van der Waals surface area contributed by atoms with Crippen molar-refractivity contribution in [1.82, 2.24) is 10.2 Å². The predicted molar refractivity (Wildman–Crippen MR) is 87.0 cm³/mol. The predicted octanol–water partition coefficient (Wildman–Crippen LogP) is 2.11. The van der Waals surface area contributed by atoms with Gasteiger partial charge in [-0.25, -0.2) is 0 Å². The highest BCUT2D eigenvalue weighted by molar-refractivity contribution is 5.94. The van der Waals surface area contributed by atoms with Crippen LogP contribution in [0.3, 0.4) is 0 Å². The van der Waals surface area contributed by atoms with Crippen LogP contribution >= 0.6 is 0 Å². The van der Waals surface area contributed by atoms with Gasteiger partial charge in [0.15, 0.2) is 0 Å². The molecule has 1 atom stereocenters. The fourth-order valence-corrected chi connectivity index (χ4v) is 3.12. The quantitative estimate of drug-likeness (QED) is 0.925. The number of nitrogens with zero attached hydrogens (tertiary/aromatic N) is 1. The average molecular weight is 316 g/mol. The number of amides is 2. The van der Waals surface area contributed by atoms with E-state index in [-0.39, 0.29) is 17.9 Å². The number of carbonyl (C=O) groups excluding carboxylic acids is 2. The maximum Gasteiger partial charge on any atom is 0.253 e. The summed E-state index contributed by atoms with van der Waals surface area (Å²) in [6.45, 7) is 2.86. The van der Waals surface area contributed by atoms with Crippen molar-refractivity contribution < 1.29 is 14.3 Å². The lowest BCUT2D eigenvalue weighted by molar-refractivity contribution is -0.135. The fraction of sp³-hybridized carbons (Fsp3) is 0.556. The van der Waals surface area contributed by atoms with Gasteiger partial charge in [0.2, 0.25) is 5.91 Å². The van der Waals surface area contributed by atoms with Crippen molar-refractivity contribution in [3.8, 4) is 0 Å². The third kappa shape index (κ3) is 4.10. The van der Waals surface area contributed by atoms with Gasteiger partial charge >= 0.3 is 0 Å². The molecule has 0 saturated carbocycles. The van der Waals surface area contributed by atoms with Crippen LogP contribution in [0.15, 0.2) is 24.3 Å². The van der Waals surface area contributed by atoms with E-state index in [1.807, 2.05) is 29.2 Å². The number of rotatable bonds is 4. The molecule has 124 valence electrons. The molecule has 2 amide bonds. The lowest BCUT2D eigenvalue weighted by atomic mass is 10.1. The van der Waals surface area contributed by atoms with Crippen molar-refractivity contribution in [2.45, 2.75) is 44.8 Å². The number of hydrogen-bond donors (Lipinski definition) is 1. The number of carbonyl (C=O) groups is 2. The molecule has 2 aliphatic rings. The van der Waals surface area contributed by atoms with Gasteiger partial charge in [0.05, 0.1) is 0 Å². The number of nitrogens with one attached hydrogen (secondary N) is 1.